The van der Waals surface area contributed by atoms with Crippen LogP contribution in [-0.2, 0) is 6.54 Å². The minimum atomic E-state index is -0.420. The van der Waals surface area contributed by atoms with Gasteiger partial charge in [0.25, 0.3) is 5.56 Å². The third kappa shape index (κ3) is 2.05. The van der Waals surface area contributed by atoms with E-state index in [1.165, 1.54) is 29.1 Å². The number of para-hydroxylation sites is 2. The van der Waals surface area contributed by atoms with E-state index in [0.717, 1.165) is 5.52 Å². The van der Waals surface area contributed by atoms with Crippen LogP contribution in [0.15, 0.2) is 58.0 Å². The first kappa shape index (κ1) is 12.7. The van der Waals surface area contributed by atoms with E-state index < -0.39 is 5.82 Å². The van der Waals surface area contributed by atoms with Crippen molar-refractivity contribution in [1.82, 2.24) is 14.5 Å². The molecular weight excluding hydrogens is 285 g/mol. The zero-order chi connectivity index (χ0) is 15.1. The second kappa shape index (κ2) is 4.77. The number of benzene rings is 2. The standard InChI is InChI=1S/C16H10FN3O2/c17-10-5-6-11-13(7-10)18-9-20(16(11)21)8-15-19-12-3-1-2-4-14(12)22-15/h1-7,9H,8H2. The van der Waals surface area contributed by atoms with Gasteiger partial charge in [-0.25, -0.2) is 14.4 Å². The molecule has 22 heavy (non-hydrogen) atoms. The monoisotopic (exact) mass is 295 g/mol. The first-order valence-corrected chi connectivity index (χ1v) is 6.70. The van der Waals surface area contributed by atoms with Gasteiger partial charge in [0.2, 0.25) is 5.89 Å². The molecule has 4 aromatic rings. The zero-order valence-electron chi connectivity index (χ0n) is 11.4. The molecule has 0 atom stereocenters. The second-order valence-electron chi connectivity index (χ2n) is 4.91. The van der Waals surface area contributed by atoms with Crippen LogP contribution in [0.25, 0.3) is 22.0 Å². The predicted octanol–water partition coefficient (Wildman–Crippen LogP) is 2.73. The molecule has 0 unspecified atom stereocenters. The smallest absolute Gasteiger partial charge is 0.261 e. The number of nitrogens with zero attached hydrogens (tertiary/aromatic N) is 3. The van der Waals surface area contributed by atoms with E-state index in [9.17, 15) is 9.18 Å². The lowest BCUT2D eigenvalue weighted by Crippen LogP contribution is -2.21. The maximum Gasteiger partial charge on any atom is 0.261 e. The number of aromatic nitrogens is 3. The molecule has 6 heteroatoms. The molecule has 0 bridgehead atoms. The summed E-state index contributed by atoms with van der Waals surface area (Å²) in [5, 5.41) is 0.361. The normalized spacial score (nSPS) is 11.3. The molecule has 0 saturated heterocycles. The van der Waals surface area contributed by atoms with Crippen LogP contribution in [0.1, 0.15) is 5.89 Å². The van der Waals surface area contributed by atoms with Gasteiger partial charge in [-0.3, -0.25) is 9.36 Å². The Hall–Kier alpha value is -3.02. The Bertz CT molecular complexity index is 1020. The van der Waals surface area contributed by atoms with Gasteiger partial charge in [-0.2, -0.15) is 0 Å². The highest BCUT2D eigenvalue weighted by Crippen LogP contribution is 2.15. The van der Waals surface area contributed by atoms with Gasteiger partial charge >= 0.3 is 0 Å². The van der Waals surface area contributed by atoms with E-state index in [1.54, 1.807) is 0 Å². The van der Waals surface area contributed by atoms with Gasteiger partial charge in [0.1, 0.15) is 17.9 Å². The Kier molecular flexibility index (Phi) is 2.75. The van der Waals surface area contributed by atoms with E-state index in [2.05, 4.69) is 9.97 Å². The van der Waals surface area contributed by atoms with Crippen molar-refractivity contribution in [2.75, 3.05) is 0 Å². The van der Waals surface area contributed by atoms with E-state index in [-0.39, 0.29) is 12.1 Å². The molecule has 108 valence electrons. The van der Waals surface area contributed by atoms with Crippen LogP contribution in [0.4, 0.5) is 4.39 Å². The minimum Gasteiger partial charge on any atom is -0.439 e. The molecule has 0 saturated carbocycles. The van der Waals surface area contributed by atoms with Crippen molar-refractivity contribution < 1.29 is 8.81 Å². The summed E-state index contributed by atoms with van der Waals surface area (Å²) in [4.78, 5) is 20.8. The molecule has 0 aliphatic rings. The van der Waals surface area contributed by atoms with Crippen molar-refractivity contribution in [3.05, 3.63) is 70.9 Å². The highest BCUT2D eigenvalue weighted by molar-refractivity contribution is 5.77. The van der Waals surface area contributed by atoms with Crippen molar-refractivity contribution in [1.29, 1.82) is 0 Å². The molecule has 4 rings (SSSR count). The molecule has 0 aliphatic carbocycles. The number of rotatable bonds is 2. The van der Waals surface area contributed by atoms with Crippen LogP contribution >= 0.6 is 0 Å². The summed E-state index contributed by atoms with van der Waals surface area (Å²) in [6.07, 6.45) is 1.37. The first-order chi connectivity index (χ1) is 10.7. The summed E-state index contributed by atoms with van der Waals surface area (Å²) >= 11 is 0. The van der Waals surface area contributed by atoms with Gasteiger partial charge < -0.3 is 4.42 Å². The Morgan fingerprint density at radius 1 is 1.14 bits per heavy atom. The van der Waals surface area contributed by atoms with Crippen molar-refractivity contribution in [3.8, 4) is 0 Å². The maximum atomic E-state index is 13.2. The van der Waals surface area contributed by atoms with E-state index >= 15 is 0 Å². The van der Waals surface area contributed by atoms with Crippen LogP contribution < -0.4 is 5.56 Å². The summed E-state index contributed by atoms with van der Waals surface area (Å²) in [5.41, 5.74) is 1.48. The Morgan fingerprint density at radius 2 is 2.00 bits per heavy atom. The third-order valence-electron chi connectivity index (χ3n) is 3.43. The van der Waals surface area contributed by atoms with Gasteiger partial charge in [0.05, 0.1) is 17.2 Å². The third-order valence-corrected chi connectivity index (χ3v) is 3.43. The van der Waals surface area contributed by atoms with Gasteiger partial charge in [-0.15, -0.1) is 0 Å². The molecule has 2 aromatic carbocycles. The quantitative estimate of drug-likeness (QED) is 0.570. The molecule has 0 aliphatic heterocycles. The van der Waals surface area contributed by atoms with Crippen molar-refractivity contribution in [2.45, 2.75) is 6.54 Å². The minimum absolute atomic E-state index is 0.174. The van der Waals surface area contributed by atoms with Gasteiger partial charge in [0, 0.05) is 6.07 Å². The number of halogens is 1. The summed E-state index contributed by atoms with van der Waals surface area (Å²) in [7, 11) is 0. The highest BCUT2D eigenvalue weighted by Gasteiger charge is 2.09. The Morgan fingerprint density at radius 3 is 2.86 bits per heavy atom. The lowest BCUT2D eigenvalue weighted by Gasteiger charge is -2.03. The van der Waals surface area contributed by atoms with Crippen molar-refractivity contribution in [2.24, 2.45) is 0 Å². The van der Waals surface area contributed by atoms with Crippen LogP contribution in [0.5, 0.6) is 0 Å². The molecule has 0 radical (unpaired) electrons. The molecule has 2 aromatic heterocycles. The van der Waals surface area contributed by atoms with Crippen LogP contribution in [-0.4, -0.2) is 14.5 Å². The number of fused-ring (bicyclic) bond motifs is 2. The average molecular weight is 295 g/mol. The Labute approximate surface area is 123 Å². The summed E-state index contributed by atoms with van der Waals surface area (Å²) in [6, 6.07) is 11.3. The first-order valence-electron chi connectivity index (χ1n) is 6.70. The fraction of sp³-hybridized carbons (Fsp3) is 0.0625. The molecule has 0 N–H and O–H groups in total. The van der Waals surface area contributed by atoms with Crippen LogP contribution in [0.2, 0.25) is 0 Å². The molecule has 2 heterocycles. The number of hydrogen-bond acceptors (Lipinski definition) is 4. The molecule has 0 fully saturated rings. The fourth-order valence-corrected chi connectivity index (χ4v) is 2.38. The summed E-state index contributed by atoms with van der Waals surface area (Å²) < 4.78 is 20.2. The lowest BCUT2D eigenvalue weighted by molar-refractivity contribution is 0.503. The lowest BCUT2D eigenvalue weighted by atomic mass is 10.2. The van der Waals surface area contributed by atoms with E-state index in [1.807, 2.05) is 24.3 Å². The molecule has 0 spiro atoms. The fourth-order valence-electron chi connectivity index (χ4n) is 2.38. The largest absolute Gasteiger partial charge is 0.439 e. The second-order valence-corrected chi connectivity index (χ2v) is 4.91. The van der Waals surface area contributed by atoms with E-state index in [0.29, 0.717) is 22.4 Å². The van der Waals surface area contributed by atoms with E-state index in [4.69, 9.17) is 4.42 Å². The van der Waals surface area contributed by atoms with Crippen molar-refractivity contribution >= 4 is 22.0 Å². The average Bonchev–Trinajstić information content (AvgIpc) is 2.92. The molecule has 5 nitrogen and oxygen atoms in total. The van der Waals surface area contributed by atoms with Gasteiger partial charge in [-0.1, -0.05) is 12.1 Å². The molecular formula is C16H10FN3O2. The predicted molar refractivity (Wildman–Crippen MR) is 79.1 cm³/mol. The maximum absolute atomic E-state index is 13.2. The summed E-state index contributed by atoms with van der Waals surface area (Å²) in [5.74, 6) is 0.00247. The summed E-state index contributed by atoms with van der Waals surface area (Å²) in [6.45, 7) is 0.174. The topological polar surface area (TPSA) is 60.9 Å². The van der Waals surface area contributed by atoms with Gasteiger partial charge in [-0.05, 0) is 24.3 Å². The molecule has 0 amide bonds. The number of hydrogen-bond donors (Lipinski definition) is 0. The van der Waals surface area contributed by atoms with Crippen molar-refractivity contribution in [3.63, 3.8) is 0 Å². The van der Waals surface area contributed by atoms with Crippen LogP contribution in [0, 0.1) is 5.82 Å². The zero-order valence-corrected chi connectivity index (χ0v) is 11.4. The van der Waals surface area contributed by atoms with Gasteiger partial charge in [0.15, 0.2) is 5.58 Å². The SMILES string of the molecule is O=c1c2ccc(F)cc2ncn1Cc1nc2ccccc2o1. The highest BCUT2D eigenvalue weighted by atomic mass is 19.1. The van der Waals surface area contributed by atoms with Crippen LogP contribution in [0.3, 0.4) is 0 Å². The number of oxazole rings is 1. The Balaban J connectivity index is 1.79.